The van der Waals surface area contributed by atoms with Gasteiger partial charge in [0, 0.05) is 124 Å². The van der Waals surface area contributed by atoms with Gasteiger partial charge in [0.2, 0.25) is 11.7 Å². The number of nitrogens with zero attached hydrogens (tertiary/aromatic N) is 10. The van der Waals surface area contributed by atoms with E-state index in [1.54, 1.807) is 111 Å². The predicted octanol–water partition coefficient (Wildman–Crippen LogP) is 11.6. The monoisotopic (exact) mass is 1400 g/mol. The van der Waals surface area contributed by atoms with Crippen molar-refractivity contribution in [2.45, 2.75) is 97.1 Å². The number of hydrogen-bond acceptors (Lipinski definition) is 18. The number of carbonyl (C=O) groups is 6. The van der Waals surface area contributed by atoms with Crippen molar-refractivity contribution in [3.8, 4) is 11.8 Å². The molecule has 3 unspecified atom stereocenters. The van der Waals surface area contributed by atoms with Crippen molar-refractivity contribution in [3.05, 3.63) is 203 Å². The smallest absolute Gasteiger partial charge is 0.287 e. The van der Waals surface area contributed by atoms with Gasteiger partial charge in [0.1, 0.15) is 5.75 Å². The van der Waals surface area contributed by atoms with Crippen LogP contribution >= 0.6 is 0 Å². The molecule has 534 valence electrons. The summed E-state index contributed by atoms with van der Waals surface area (Å²) in [7, 11) is 0. The van der Waals surface area contributed by atoms with E-state index in [9.17, 15) is 28.8 Å². The van der Waals surface area contributed by atoms with E-state index in [2.05, 4.69) is 64.1 Å². The van der Waals surface area contributed by atoms with Crippen LogP contribution in [0.2, 0.25) is 0 Å². The maximum atomic E-state index is 13.1. The van der Waals surface area contributed by atoms with E-state index < -0.39 is 0 Å². The Hall–Kier alpha value is -11.1. The van der Waals surface area contributed by atoms with Crippen molar-refractivity contribution in [1.29, 1.82) is 5.26 Å². The summed E-state index contributed by atoms with van der Waals surface area (Å²) in [5.74, 6) is 3.44. The topological polar surface area (TPSA) is 302 Å². The number of fused-ring (bicyclic) bond motifs is 3. The van der Waals surface area contributed by atoms with Crippen LogP contribution < -0.4 is 20.7 Å². The highest BCUT2D eigenvalue weighted by atomic mass is 16.5. The van der Waals surface area contributed by atoms with Gasteiger partial charge in [0.05, 0.1) is 30.2 Å². The molecule has 6 amide bonds. The third kappa shape index (κ3) is 15.5. The SMILES string of the molecule is Cc1nc(COc2ccc(C(=O)N3CCC4(CC3)CC4CNC(=O)c3cc4ccncc4o3)cc2)no1.N#Cc1cccc(C(=O)N2CCC3(CC2)CC3CNC(=O)c2cc3ccncc3o2)c1.O=C(NCC1CC12CCN(C(=O)c1ccc(CN3CCCCC3)cc1)CC2)c1cc2ccncc2o1. The molecular weight excluding hydrogens is 1320 g/mol. The second-order valence-electron chi connectivity index (χ2n) is 29.1. The highest BCUT2D eigenvalue weighted by molar-refractivity contribution is 5.99. The van der Waals surface area contributed by atoms with Gasteiger partial charge in [-0.15, -0.1) is 0 Å². The Balaban J connectivity index is 0.000000126. The molecule has 3 spiro atoms. The summed E-state index contributed by atoms with van der Waals surface area (Å²) in [5.41, 5.74) is 6.31. The molecule has 3 saturated carbocycles. The number of piperidine rings is 4. The highest BCUT2D eigenvalue weighted by Gasteiger charge is 2.57. The number of nitrogens with one attached hydrogen (secondary N) is 3. The first-order valence-corrected chi connectivity index (χ1v) is 36.2. The lowest BCUT2D eigenvalue weighted by Crippen LogP contribution is -2.40. The van der Waals surface area contributed by atoms with E-state index in [1.807, 2.05) is 45.0 Å². The summed E-state index contributed by atoms with van der Waals surface area (Å²) in [5, 5.41) is 24.5. The standard InChI is InChI=1S/C29H34N4O3.C27H27N5O5.C24H22N4O3/c34-27(25-16-23-8-11-30-19-26(23)36-25)31-18-24-17-29(24)9-14-33(15-10-29)28(35)22-6-4-21(5-7-22)20-32-12-2-1-3-13-32;1-17-30-24(31-37-17)16-35-21-4-2-18(3-5-21)26(34)32-10-7-27(8-11-32)13-20(27)14-29-25(33)22-12-19-6-9-28-15-23(19)36-22;25-13-16-2-1-3-18(10-16)23(30)28-8-5-24(6-9-28)12-19(24)14-27-22(29)20-11-17-4-7-26-15-21(17)31-20/h4-8,11,16,19,24H,1-3,9-10,12-15,17-18,20H2,(H,31,34);2-6,9,12,15,20H,7-8,10-11,13-14,16H2,1H3,(H,29,33);1-4,7,10-11,15,19H,5-6,8-9,12,14H2,(H,27,29). The molecule has 0 radical (unpaired) electrons. The fourth-order valence-electron chi connectivity index (χ4n) is 16.0. The lowest BCUT2D eigenvalue weighted by atomic mass is 9.90. The van der Waals surface area contributed by atoms with Crippen LogP contribution in [0.4, 0.5) is 0 Å². The largest absolute Gasteiger partial charge is 0.485 e. The predicted molar refractivity (Wildman–Crippen MR) is 383 cm³/mol. The summed E-state index contributed by atoms with van der Waals surface area (Å²) in [6.07, 6.45) is 22.8. The molecule has 24 nitrogen and oxygen atoms in total. The summed E-state index contributed by atoms with van der Waals surface area (Å²) >= 11 is 0. The third-order valence-electron chi connectivity index (χ3n) is 22.7. The molecule has 24 heteroatoms. The van der Waals surface area contributed by atoms with E-state index in [1.165, 1.54) is 37.9 Å². The number of furan rings is 3. The highest BCUT2D eigenvalue weighted by Crippen LogP contribution is 2.61. The Morgan fingerprint density at radius 1 is 0.519 bits per heavy atom. The molecule has 3 aromatic carbocycles. The van der Waals surface area contributed by atoms with Crippen LogP contribution in [0, 0.1) is 52.3 Å². The van der Waals surface area contributed by atoms with Crippen molar-refractivity contribution >= 4 is 68.4 Å². The van der Waals surface area contributed by atoms with E-state index in [4.69, 9.17) is 27.8 Å². The van der Waals surface area contributed by atoms with Crippen molar-refractivity contribution < 1.29 is 51.3 Å². The molecule has 3 atom stereocenters. The van der Waals surface area contributed by atoms with Crippen LogP contribution in [0.25, 0.3) is 32.9 Å². The molecular formula is C80H83N13O11. The Kier molecular flexibility index (Phi) is 19.6. The van der Waals surface area contributed by atoms with Gasteiger partial charge in [-0.2, -0.15) is 10.2 Å². The second kappa shape index (κ2) is 29.7. The summed E-state index contributed by atoms with van der Waals surface area (Å²) in [4.78, 5) is 101. The number of amides is 6. The summed E-state index contributed by atoms with van der Waals surface area (Å²) in [6, 6.07) is 35.0. The van der Waals surface area contributed by atoms with Crippen LogP contribution in [-0.2, 0) is 13.2 Å². The average Bonchev–Trinajstić information content (AvgIpc) is 1.60. The van der Waals surface area contributed by atoms with E-state index in [0.717, 1.165) is 112 Å². The summed E-state index contributed by atoms with van der Waals surface area (Å²) in [6.45, 7) is 11.6. The number of carbonyl (C=O) groups excluding carboxylic acids is 6. The zero-order valence-electron chi connectivity index (χ0n) is 58.2. The minimum Gasteiger partial charge on any atom is -0.485 e. The molecule has 7 aliphatic rings. The van der Waals surface area contributed by atoms with Crippen molar-refractivity contribution in [2.75, 3.05) is 72.0 Å². The molecule has 10 aromatic rings. The van der Waals surface area contributed by atoms with Crippen LogP contribution in [0.1, 0.15) is 163 Å². The maximum Gasteiger partial charge on any atom is 0.287 e. The lowest BCUT2D eigenvalue weighted by Gasteiger charge is -2.33. The van der Waals surface area contributed by atoms with Crippen LogP contribution in [-0.4, -0.2) is 152 Å². The van der Waals surface area contributed by atoms with Gasteiger partial charge < -0.3 is 53.2 Å². The molecule has 17 rings (SSSR count). The molecule has 3 aliphatic carbocycles. The minimum absolute atomic E-state index is 0.0168. The third-order valence-corrected chi connectivity index (χ3v) is 22.7. The number of nitriles is 1. The van der Waals surface area contributed by atoms with Gasteiger partial charge in [-0.3, -0.25) is 48.6 Å². The second-order valence-corrected chi connectivity index (χ2v) is 29.1. The molecule has 7 aromatic heterocycles. The molecule has 4 aliphatic heterocycles. The Morgan fingerprint density at radius 3 is 1.35 bits per heavy atom. The molecule has 0 bridgehead atoms. The zero-order valence-corrected chi connectivity index (χ0v) is 58.2. The number of hydrogen-bond donors (Lipinski definition) is 3. The number of likely N-dealkylation sites (tertiary alicyclic amines) is 4. The number of aryl methyl sites for hydroxylation is 1. The molecule has 7 fully saturated rings. The quantitative estimate of drug-likeness (QED) is 0.0763. The number of benzene rings is 3. The van der Waals surface area contributed by atoms with Crippen molar-refractivity contribution in [3.63, 3.8) is 0 Å². The van der Waals surface area contributed by atoms with Crippen LogP contribution in [0.15, 0.2) is 164 Å². The normalized spacial score (nSPS) is 19.7. The Morgan fingerprint density at radius 2 is 0.942 bits per heavy atom. The van der Waals surface area contributed by atoms with Gasteiger partial charge in [-0.05, 0) is 214 Å². The van der Waals surface area contributed by atoms with Crippen molar-refractivity contribution in [2.24, 2.45) is 34.0 Å². The Labute approximate surface area is 600 Å². The Bertz CT molecular complexity index is 4730. The van der Waals surface area contributed by atoms with Gasteiger partial charge in [0.25, 0.3) is 35.4 Å². The fraction of sp³-hybridized carbons (Fsp3) is 0.400. The summed E-state index contributed by atoms with van der Waals surface area (Å²) < 4.78 is 27.4. The van der Waals surface area contributed by atoms with E-state index in [0.29, 0.717) is 119 Å². The van der Waals surface area contributed by atoms with E-state index >= 15 is 0 Å². The number of rotatable bonds is 17. The van der Waals surface area contributed by atoms with Crippen molar-refractivity contribution in [1.82, 2.24) is 60.6 Å². The first-order valence-electron chi connectivity index (χ1n) is 36.2. The molecule has 4 saturated heterocycles. The van der Waals surface area contributed by atoms with Crippen LogP contribution in [0.3, 0.4) is 0 Å². The van der Waals surface area contributed by atoms with Gasteiger partial charge in [0.15, 0.2) is 40.6 Å². The van der Waals surface area contributed by atoms with E-state index in [-0.39, 0.29) is 58.3 Å². The minimum atomic E-state index is -0.205. The fourth-order valence-corrected chi connectivity index (χ4v) is 16.0. The lowest BCUT2D eigenvalue weighted by molar-refractivity contribution is 0.0660. The molecule has 11 heterocycles. The zero-order chi connectivity index (χ0) is 71.4. The average molecular weight is 1400 g/mol. The molecule has 104 heavy (non-hydrogen) atoms. The first kappa shape index (κ1) is 68.7. The van der Waals surface area contributed by atoms with Crippen LogP contribution in [0.5, 0.6) is 5.75 Å². The number of pyridine rings is 3. The molecule has 3 N–H and O–H groups in total. The van der Waals surface area contributed by atoms with Gasteiger partial charge >= 0.3 is 0 Å². The van der Waals surface area contributed by atoms with Gasteiger partial charge in [-0.25, -0.2) is 0 Å². The van der Waals surface area contributed by atoms with Gasteiger partial charge in [-0.1, -0.05) is 29.8 Å². The first-order chi connectivity index (χ1) is 50.7. The number of aromatic nitrogens is 5. The maximum absolute atomic E-state index is 13.1. The number of ether oxygens (including phenoxy) is 1.